The summed E-state index contributed by atoms with van der Waals surface area (Å²) in [4.78, 5) is 29.1. The monoisotopic (exact) mass is 327 g/mol. The number of ether oxygens (including phenoxy) is 2. The number of benzene rings is 1. The van der Waals surface area contributed by atoms with Gasteiger partial charge in [-0.1, -0.05) is 18.2 Å². The van der Waals surface area contributed by atoms with Crippen molar-refractivity contribution in [1.29, 1.82) is 0 Å². The van der Waals surface area contributed by atoms with Crippen molar-refractivity contribution < 1.29 is 19.1 Å². The molecule has 0 fully saturated rings. The Labute approximate surface area is 136 Å². The molecular formula is C17H13NO4S. The maximum Gasteiger partial charge on any atom is 0.353 e. The minimum Gasteiger partial charge on any atom is -0.462 e. The van der Waals surface area contributed by atoms with Gasteiger partial charge < -0.3 is 9.47 Å². The molecular weight excluding hydrogens is 314 g/mol. The van der Waals surface area contributed by atoms with Crippen LogP contribution in [0.3, 0.4) is 0 Å². The lowest BCUT2D eigenvalue weighted by Gasteiger charge is -2.11. The number of hydrogen-bond acceptors (Lipinski definition) is 6. The molecule has 3 aromatic rings. The zero-order chi connectivity index (χ0) is 16.2. The Bertz CT molecular complexity index is 858. The number of para-hydroxylation sites is 1. The zero-order valence-corrected chi connectivity index (χ0v) is 13.1. The first-order valence-corrected chi connectivity index (χ1v) is 7.89. The molecule has 2 aromatic heterocycles. The summed E-state index contributed by atoms with van der Waals surface area (Å²) >= 11 is 1.27. The minimum atomic E-state index is -0.570. The van der Waals surface area contributed by atoms with Crippen LogP contribution in [-0.2, 0) is 4.74 Å². The second-order valence-electron chi connectivity index (χ2n) is 4.61. The standard InChI is InChI=1S/C17H13NO4S/c1-2-21-16(19)12-10-18-13-7-4-3-6-11(13)15(12)22-17(20)14-8-5-9-23-14/h3-10H,2H2,1H3. The van der Waals surface area contributed by atoms with Crippen LogP contribution in [0, 0.1) is 0 Å². The van der Waals surface area contributed by atoms with Gasteiger partial charge in [-0.05, 0) is 30.5 Å². The van der Waals surface area contributed by atoms with Crippen LogP contribution in [-0.4, -0.2) is 23.5 Å². The fourth-order valence-electron chi connectivity index (χ4n) is 2.12. The number of pyridine rings is 1. The molecule has 3 rings (SSSR count). The fraction of sp³-hybridized carbons (Fsp3) is 0.118. The van der Waals surface area contributed by atoms with Crippen molar-refractivity contribution in [2.75, 3.05) is 6.61 Å². The molecule has 0 radical (unpaired) electrons. The highest BCUT2D eigenvalue weighted by molar-refractivity contribution is 7.12. The Morgan fingerprint density at radius 2 is 1.96 bits per heavy atom. The first-order valence-electron chi connectivity index (χ1n) is 7.01. The van der Waals surface area contributed by atoms with Crippen molar-refractivity contribution in [2.45, 2.75) is 6.92 Å². The molecule has 5 nitrogen and oxygen atoms in total. The zero-order valence-electron chi connectivity index (χ0n) is 12.3. The number of carbonyl (C=O) groups is 2. The number of fused-ring (bicyclic) bond motifs is 1. The molecule has 2 heterocycles. The molecule has 0 aliphatic rings. The van der Waals surface area contributed by atoms with Crippen molar-refractivity contribution in [1.82, 2.24) is 4.98 Å². The minimum absolute atomic E-state index is 0.135. The van der Waals surface area contributed by atoms with Gasteiger partial charge in [0.2, 0.25) is 0 Å². The lowest BCUT2D eigenvalue weighted by molar-refractivity contribution is 0.0520. The Morgan fingerprint density at radius 3 is 2.70 bits per heavy atom. The van der Waals surface area contributed by atoms with E-state index in [1.807, 2.05) is 6.07 Å². The lowest BCUT2D eigenvalue weighted by atomic mass is 10.1. The van der Waals surface area contributed by atoms with Gasteiger partial charge in [0.1, 0.15) is 10.4 Å². The second kappa shape index (κ2) is 6.58. The van der Waals surface area contributed by atoms with Gasteiger partial charge in [-0.25, -0.2) is 9.59 Å². The van der Waals surface area contributed by atoms with Crippen LogP contribution in [0.5, 0.6) is 5.75 Å². The predicted octanol–water partition coefficient (Wildman–Crippen LogP) is 3.69. The molecule has 1 aromatic carbocycles. The summed E-state index contributed by atoms with van der Waals surface area (Å²) < 4.78 is 10.5. The van der Waals surface area contributed by atoms with Gasteiger partial charge in [-0.2, -0.15) is 0 Å². The summed E-state index contributed by atoms with van der Waals surface area (Å²) in [7, 11) is 0. The fourth-order valence-corrected chi connectivity index (χ4v) is 2.72. The van der Waals surface area contributed by atoms with Crippen LogP contribution in [0.15, 0.2) is 48.0 Å². The number of thiophene rings is 1. The molecule has 116 valence electrons. The molecule has 6 heteroatoms. The maximum absolute atomic E-state index is 12.3. The van der Waals surface area contributed by atoms with E-state index < -0.39 is 11.9 Å². The lowest BCUT2D eigenvalue weighted by Crippen LogP contribution is -2.13. The van der Waals surface area contributed by atoms with Gasteiger partial charge in [-0.3, -0.25) is 4.98 Å². The molecule has 0 unspecified atom stereocenters. The van der Waals surface area contributed by atoms with E-state index in [0.29, 0.717) is 15.8 Å². The van der Waals surface area contributed by atoms with E-state index in [1.165, 1.54) is 17.5 Å². The van der Waals surface area contributed by atoms with E-state index >= 15 is 0 Å². The van der Waals surface area contributed by atoms with Crippen LogP contribution >= 0.6 is 11.3 Å². The normalized spacial score (nSPS) is 10.5. The van der Waals surface area contributed by atoms with E-state index in [2.05, 4.69) is 4.98 Å². The highest BCUT2D eigenvalue weighted by Crippen LogP contribution is 2.30. The average molecular weight is 327 g/mol. The number of carbonyl (C=O) groups excluding carboxylic acids is 2. The Kier molecular flexibility index (Phi) is 4.34. The molecule has 0 amide bonds. The van der Waals surface area contributed by atoms with Crippen molar-refractivity contribution in [3.05, 3.63) is 58.4 Å². The molecule has 0 aliphatic carbocycles. The van der Waals surface area contributed by atoms with Crippen molar-refractivity contribution >= 4 is 34.2 Å². The summed E-state index contributed by atoms with van der Waals surface area (Å²) in [5, 5.41) is 2.37. The number of nitrogens with zero attached hydrogens (tertiary/aromatic N) is 1. The van der Waals surface area contributed by atoms with Gasteiger partial charge in [0.15, 0.2) is 5.75 Å². The van der Waals surface area contributed by atoms with E-state index in [4.69, 9.17) is 9.47 Å². The third-order valence-corrected chi connectivity index (χ3v) is 3.99. The van der Waals surface area contributed by atoms with E-state index in [1.54, 1.807) is 42.6 Å². The van der Waals surface area contributed by atoms with Crippen LogP contribution in [0.2, 0.25) is 0 Å². The third kappa shape index (κ3) is 3.07. The molecule has 0 atom stereocenters. The predicted molar refractivity (Wildman–Crippen MR) is 87.0 cm³/mol. The van der Waals surface area contributed by atoms with Crippen LogP contribution in [0.25, 0.3) is 10.9 Å². The first kappa shape index (κ1) is 15.2. The van der Waals surface area contributed by atoms with Crippen molar-refractivity contribution in [3.63, 3.8) is 0 Å². The summed E-state index contributed by atoms with van der Waals surface area (Å²) in [6.07, 6.45) is 1.37. The van der Waals surface area contributed by atoms with Gasteiger partial charge in [-0.15, -0.1) is 11.3 Å². The highest BCUT2D eigenvalue weighted by atomic mass is 32.1. The Hall–Kier alpha value is -2.73. The highest BCUT2D eigenvalue weighted by Gasteiger charge is 2.21. The third-order valence-electron chi connectivity index (χ3n) is 3.14. The number of esters is 2. The molecule has 0 N–H and O–H groups in total. The number of rotatable bonds is 4. The van der Waals surface area contributed by atoms with Crippen LogP contribution in [0.1, 0.15) is 27.0 Å². The smallest absolute Gasteiger partial charge is 0.353 e. The first-order chi connectivity index (χ1) is 11.2. The van der Waals surface area contributed by atoms with Gasteiger partial charge in [0, 0.05) is 11.6 Å². The van der Waals surface area contributed by atoms with Crippen LogP contribution < -0.4 is 4.74 Å². The maximum atomic E-state index is 12.3. The summed E-state index contributed by atoms with van der Waals surface area (Å²) in [6, 6.07) is 10.6. The van der Waals surface area contributed by atoms with Gasteiger partial charge >= 0.3 is 11.9 Å². The van der Waals surface area contributed by atoms with E-state index in [0.717, 1.165) is 0 Å². The number of aromatic nitrogens is 1. The largest absolute Gasteiger partial charge is 0.462 e. The molecule has 0 bridgehead atoms. The molecule has 0 spiro atoms. The van der Waals surface area contributed by atoms with Gasteiger partial charge in [0.05, 0.1) is 12.1 Å². The van der Waals surface area contributed by atoms with Gasteiger partial charge in [0.25, 0.3) is 0 Å². The quantitative estimate of drug-likeness (QED) is 0.684. The number of hydrogen-bond donors (Lipinski definition) is 0. The van der Waals surface area contributed by atoms with E-state index in [-0.39, 0.29) is 17.9 Å². The Balaban J connectivity index is 2.09. The summed E-state index contributed by atoms with van der Waals surface area (Å²) in [5.74, 6) is -0.908. The second-order valence-corrected chi connectivity index (χ2v) is 5.55. The van der Waals surface area contributed by atoms with E-state index in [9.17, 15) is 9.59 Å². The molecule has 0 saturated heterocycles. The van der Waals surface area contributed by atoms with Crippen molar-refractivity contribution in [3.8, 4) is 5.75 Å². The van der Waals surface area contributed by atoms with Crippen LogP contribution in [0.4, 0.5) is 0 Å². The molecule has 23 heavy (non-hydrogen) atoms. The topological polar surface area (TPSA) is 65.5 Å². The summed E-state index contributed by atoms with van der Waals surface area (Å²) in [6.45, 7) is 1.94. The molecule has 0 aliphatic heterocycles. The van der Waals surface area contributed by atoms with Crippen molar-refractivity contribution in [2.24, 2.45) is 0 Å². The average Bonchev–Trinajstić information content (AvgIpc) is 3.10. The Morgan fingerprint density at radius 1 is 1.13 bits per heavy atom. The molecule has 0 saturated carbocycles. The summed E-state index contributed by atoms with van der Waals surface area (Å²) in [5.41, 5.74) is 0.769. The SMILES string of the molecule is CCOC(=O)c1cnc2ccccc2c1OC(=O)c1cccs1.